The third kappa shape index (κ3) is 4.56. The highest BCUT2D eigenvalue weighted by molar-refractivity contribution is 7.13. The number of benzene rings is 2. The number of carbonyl (C=O) groups excluding carboxylic acids is 1. The van der Waals surface area contributed by atoms with Crippen LogP contribution in [0.15, 0.2) is 48.0 Å². The Morgan fingerprint density at radius 1 is 1.22 bits per heavy atom. The first-order valence-electron chi connectivity index (χ1n) is 8.28. The molecule has 1 amide bonds. The van der Waals surface area contributed by atoms with E-state index in [0.717, 1.165) is 6.07 Å². The van der Waals surface area contributed by atoms with Gasteiger partial charge < -0.3 is 10.1 Å². The summed E-state index contributed by atoms with van der Waals surface area (Å²) in [7, 11) is 1.56. The van der Waals surface area contributed by atoms with Crippen LogP contribution < -0.4 is 5.32 Å². The molecule has 0 saturated carbocycles. The minimum atomic E-state index is -0.689. The average molecular weight is 388 g/mol. The van der Waals surface area contributed by atoms with Crippen molar-refractivity contribution in [3.8, 4) is 21.7 Å². The molecule has 0 radical (unpaired) electrons. The van der Waals surface area contributed by atoms with Gasteiger partial charge in [0.1, 0.15) is 16.6 Å². The average Bonchev–Trinajstić information content (AvgIpc) is 3.16. The zero-order chi connectivity index (χ0) is 19.4. The van der Waals surface area contributed by atoms with Crippen molar-refractivity contribution in [3.05, 3.63) is 65.2 Å². The maximum absolute atomic E-state index is 14.3. The maximum Gasteiger partial charge on any atom is 0.251 e. The Morgan fingerprint density at radius 2 is 2.00 bits per heavy atom. The molecule has 0 aliphatic carbocycles. The van der Waals surface area contributed by atoms with Gasteiger partial charge in [-0.1, -0.05) is 0 Å². The van der Waals surface area contributed by atoms with Crippen LogP contribution in [-0.2, 0) is 4.74 Å². The molecule has 1 atom stereocenters. The zero-order valence-electron chi connectivity index (χ0n) is 14.8. The Labute approximate surface area is 159 Å². The smallest absolute Gasteiger partial charge is 0.251 e. The van der Waals surface area contributed by atoms with Gasteiger partial charge in [-0.05, 0) is 42.8 Å². The second-order valence-corrected chi connectivity index (χ2v) is 6.98. The first-order valence-corrected chi connectivity index (χ1v) is 9.16. The lowest BCUT2D eigenvalue weighted by atomic mass is 9.99. The highest BCUT2D eigenvalue weighted by Gasteiger charge is 2.16. The van der Waals surface area contributed by atoms with Crippen LogP contribution in [0.5, 0.6) is 0 Å². The minimum absolute atomic E-state index is 0.183. The summed E-state index contributed by atoms with van der Waals surface area (Å²) in [4.78, 5) is 16.9. The normalized spacial score (nSPS) is 12.0. The van der Waals surface area contributed by atoms with Gasteiger partial charge in [0.25, 0.3) is 5.91 Å². The molecule has 0 aliphatic heterocycles. The standard InChI is InChI=1S/C20H18F2N2O2S/c1-12(11-26-2)24-19(25)14-7-13(17-4-3-16(21)10-18(17)22)8-15(9-14)20-23-5-6-27-20/h3-10,12H,11H2,1-2H3,(H,24,25). The molecule has 0 saturated heterocycles. The number of ether oxygens (including phenoxy) is 1. The Kier molecular flexibility index (Phi) is 5.93. The van der Waals surface area contributed by atoms with Gasteiger partial charge in [-0.2, -0.15) is 0 Å². The zero-order valence-corrected chi connectivity index (χ0v) is 15.6. The summed E-state index contributed by atoms with van der Waals surface area (Å²) in [5.74, 6) is -1.65. The lowest BCUT2D eigenvalue weighted by molar-refractivity contribution is 0.0905. The molecule has 1 unspecified atom stereocenters. The quantitative estimate of drug-likeness (QED) is 0.675. The highest BCUT2D eigenvalue weighted by atomic mass is 32.1. The van der Waals surface area contributed by atoms with Crippen molar-refractivity contribution in [2.45, 2.75) is 13.0 Å². The van der Waals surface area contributed by atoms with Gasteiger partial charge in [-0.3, -0.25) is 4.79 Å². The molecule has 2 aromatic carbocycles. The van der Waals surface area contributed by atoms with Crippen LogP contribution in [0, 0.1) is 11.6 Å². The number of methoxy groups -OCH3 is 1. The predicted octanol–water partition coefficient (Wildman–Crippen LogP) is 4.52. The third-order valence-corrected chi connectivity index (χ3v) is 4.73. The van der Waals surface area contributed by atoms with Gasteiger partial charge in [0.05, 0.1) is 6.61 Å². The summed E-state index contributed by atoms with van der Waals surface area (Å²) in [5.41, 5.74) is 1.75. The van der Waals surface area contributed by atoms with E-state index in [9.17, 15) is 13.6 Å². The fourth-order valence-electron chi connectivity index (χ4n) is 2.73. The van der Waals surface area contributed by atoms with E-state index in [4.69, 9.17) is 4.74 Å². The summed E-state index contributed by atoms with van der Waals surface area (Å²) in [6.07, 6.45) is 1.66. The van der Waals surface area contributed by atoms with Gasteiger partial charge in [0, 0.05) is 47.5 Å². The third-order valence-electron chi connectivity index (χ3n) is 3.91. The number of nitrogens with zero attached hydrogens (tertiary/aromatic N) is 1. The molecule has 1 heterocycles. The van der Waals surface area contributed by atoms with E-state index in [0.29, 0.717) is 28.3 Å². The lowest BCUT2D eigenvalue weighted by Gasteiger charge is -2.14. The molecular formula is C20H18F2N2O2S. The Balaban J connectivity index is 2.05. The molecule has 7 heteroatoms. The maximum atomic E-state index is 14.3. The summed E-state index contributed by atoms with van der Waals surface area (Å²) in [6, 6.07) is 8.23. The van der Waals surface area contributed by atoms with Crippen LogP contribution in [0.4, 0.5) is 8.78 Å². The lowest BCUT2D eigenvalue weighted by Crippen LogP contribution is -2.35. The monoisotopic (exact) mass is 388 g/mol. The molecule has 1 N–H and O–H groups in total. The first-order chi connectivity index (χ1) is 13.0. The molecule has 140 valence electrons. The minimum Gasteiger partial charge on any atom is -0.383 e. The summed E-state index contributed by atoms with van der Waals surface area (Å²) >= 11 is 1.41. The van der Waals surface area contributed by atoms with Gasteiger partial charge in [0.2, 0.25) is 0 Å². The van der Waals surface area contributed by atoms with Gasteiger partial charge in [-0.15, -0.1) is 11.3 Å². The Hall–Kier alpha value is -2.64. The number of halogens is 2. The molecule has 0 bridgehead atoms. The molecule has 0 fully saturated rings. The molecule has 1 aromatic heterocycles. The number of hydrogen-bond acceptors (Lipinski definition) is 4. The van der Waals surface area contributed by atoms with E-state index in [1.165, 1.54) is 23.5 Å². The van der Waals surface area contributed by atoms with Crippen LogP contribution in [0.25, 0.3) is 21.7 Å². The fourth-order valence-corrected chi connectivity index (χ4v) is 3.35. The van der Waals surface area contributed by atoms with Crippen LogP contribution >= 0.6 is 11.3 Å². The van der Waals surface area contributed by atoms with E-state index in [1.54, 1.807) is 31.5 Å². The topological polar surface area (TPSA) is 51.2 Å². The van der Waals surface area contributed by atoms with Crippen molar-refractivity contribution >= 4 is 17.2 Å². The molecule has 0 spiro atoms. The molecule has 3 rings (SSSR count). The molecule has 3 aromatic rings. The SMILES string of the molecule is COCC(C)NC(=O)c1cc(-c2nccs2)cc(-c2ccc(F)cc2F)c1. The molecule has 0 aliphatic rings. The molecule has 4 nitrogen and oxygen atoms in total. The largest absolute Gasteiger partial charge is 0.383 e. The van der Waals surface area contributed by atoms with E-state index < -0.39 is 11.6 Å². The molecular weight excluding hydrogens is 370 g/mol. The highest BCUT2D eigenvalue weighted by Crippen LogP contribution is 2.31. The first kappa shape index (κ1) is 19.1. The van der Waals surface area contributed by atoms with Crippen molar-refractivity contribution in [3.63, 3.8) is 0 Å². The van der Waals surface area contributed by atoms with Crippen LogP contribution in [0.1, 0.15) is 17.3 Å². The van der Waals surface area contributed by atoms with Crippen molar-refractivity contribution in [2.75, 3.05) is 13.7 Å². The number of nitrogens with one attached hydrogen (secondary N) is 1. The van der Waals surface area contributed by atoms with E-state index >= 15 is 0 Å². The summed E-state index contributed by atoms with van der Waals surface area (Å²) in [5, 5.41) is 5.36. The molecule has 27 heavy (non-hydrogen) atoms. The summed E-state index contributed by atoms with van der Waals surface area (Å²) in [6.45, 7) is 2.20. The van der Waals surface area contributed by atoms with E-state index in [1.807, 2.05) is 12.3 Å². The fraction of sp³-hybridized carbons (Fsp3) is 0.200. The Bertz CT molecular complexity index is 945. The van der Waals surface area contributed by atoms with Crippen molar-refractivity contribution in [1.82, 2.24) is 10.3 Å². The van der Waals surface area contributed by atoms with Crippen molar-refractivity contribution in [2.24, 2.45) is 0 Å². The number of thiazole rings is 1. The second-order valence-electron chi connectivity index (χ2n) is 6.09. The number of carbonyl (C=O) groups is 1. The van der Waals surface area contributed by atoms with Gasteiger partial charge in [0.15, 0.2) is 0 Å². The number of amides is 1. The van der Waals surface area contributed by atoms with Crippen molar-refractivity contribution in [1.29, 1.82) is 0 Å². The van der Waals surface area contributed by atoms with Crippen LogP contribution in [0.2, 0.25) is 0 Å². The number of rotatable bonds is 6. The number of hydrogen-bond donors (Lipinski definition) is 1. The number of aromatic nitrogens is 1. The predicted molar refractivity (Wildman–Crippen MR) is 102 cm³/mol. The van der Waals surface area contributed by atoms with Gasteiger partial charge >= 0.3 is 0 Å². The summed E-state index contributed by atoms with van der Waals surface area (Å²) < 4.78 is 32.6. The Morgan fingerprint density at radius 3 is 2.67 bits per heavy atom. The van der Waals surface area contributed by atoms with Gasteiger partial charge in [-0.25, -0.2) is 13.8 Å². The van der Waals surface area contributed by atoms with E-state index in [-0.39, 0.29) is 17.5 Å². The van der Waals surface area contributed by atoms with Crippen LogP contribution in [-0.4, -0.2) is 30.6 Å². The van der Waals surface area contributed by atoms with Crippen molar-refractivity contribution < 1.29 is 18.3 Å². The van der Waals surface area contributed by atoms with E-state index in [2.05, 4.69) is 10.3 Å². The second kappa shape index (κ2) is 8.37. The van der Waals surface area contributed by atoms with Crippen LogP contribution in [0.3, 0.4) is 0 Å².